The van der Waals surface area contributed by atoms with Crippen LogP contribution >= 0.6 is 0 Å². The highest BCUT2D eigenvalue weighted by atomic mass is 16.4. The van der Waals surface area contributed by atoms with Gasteiger partial charge in [0.25, 0.3) is 0 Å². The van der Waals surface area contributed by atoms with Crippen molar-refractivity contribution in [2.45, 2.75) is 13.0 Å². The largest absolute Gasteiger partial charge is 0.479 e. The third-order valence-electron chi connectivity index (χ3n) is 3.38. The van der Waals surface area contributed by atoms with Crippen molar-refractivity contribution in [2.24, 2.45) is 0 Å². The summed E-state index contributed by atoms with van der Waals surface area (Å²) in [6.45, 7) is 1.83. The average Bonchev–Trinajstić information content (AvgIpc) is 2.77. The third kappa shape index (κ3) is 1.95. The van der Waals surface area contributed by atoms with Crippen LogP contribution in [0.4, 0.5) is 0 Å². The molecule has 2 aromatic carbocycles. The minimum Gasteiger partial charge on any atom is -0.479 e. The first-order valence-electron chi connectivity index (χ1n) is 6.40. The van der Waals surface area contributed by atoms with Gasteiger partial charge in [-0.15, -0.1) is 0 Å². The van der Waals surface area contributed by atoms with Crippen molar-refractivity contribution >= 4 is 17.0 Å². The number of aryl methyl sites for hydroxylation is 1. The second-order valence-electron chi connectivity index (χ2n) is 4.67. The zero-order chi connectivity index (χ0) is 14.1. The van der Waals surface area contributed by atoms with Crippen LogP contribution in [0, 0.1) is 6.92 Å². The molecule has 1 heterocycles. The fourth-order valence-corrected chi connectivity index (χ4v) is 2.53. The summed E-state index contributed by atoms with van der Waals surface area (Å²) in [6.07, 6.45) is 0. The van der Waals surface area contributed by atoms with Crippen molar-refractivity contribution in [1.29, 1.82) is 0 Å². The van der Waals surface area contributed by atoms with Gasteiger partial charge in [0.1, 0.15) is 5.82 Å². The molecular formula is C16H14N2O2. The van der Waals surface area contributed by atoms with E-state index >= 15 is 0 Å². The fourth-order valence-electron chi connectivity index (χ4n) is 2.53. The number of hydrogen-bond acceptors (Lipinski definition) is 2. The van der Waals surface area contributed by atoms with Gasteiger partial charge in [0.05, 0.1) is 11.0 Å². The lowest BCUT2D eigenvalue weighted by Crippen LogP contribution is -2.21. The molecule has 0 aliphatic heterocycles. The Balaban J connectivity index is 2.26. The molecule has 0 amide bonds. The highest BCUT2D eigenvalue weighted by Gasteiger charge is 2.25. The second-order valence-corrected chi connectivity index (χ2v) is 4.67. The van der Waals surface area contributed by atoms with Crippen LogP contribution in [0.2, 0.25) is 0 Å². The number of imidazole rings is 1. The molecule has 0 spiro atoms. The van der Waals surface area contributed by atoms with Gasteiger partial charge in [-0.3, -0.25) is 0 Å². The van der Waals surface area contributed by atoms with Crippen molar-refractivity contribution < 1.29 is 9.90 Å². The van der Waals surface area contributed by atoms with Gasteiger partial charge in [0, 0.05) is 0 Å². The fraction of sp³-hybridized carbons (Fsp3) is 0.125. The van der Waals surface area contributed by atoms with Crippen molar-refractivity contribution in [3.63, 3.8) is 0 Å². The number of aromatic nitrogens is 2. The molecule has 3 rings (SSSR count). The molecule has 0 aliphatic carbocycles. The minimum atomic E-state index is -0.887. The topological polar surface area (TPSA) is 55.1 Å². The molecule has 1 unspecified atom stereocenters. The number of carbonyl (C=O) groups is 1. The SMILES string of the molecule is Cc1nc2ccccc2n1C(C(=O)O)c1ccccc1. The van der Waals surface area contributed by atoms with Crippen LogP contribution in [0.5, 0.6) is 0 Å². The first-order valence-corrected chi connectivity index (χ1v) is 6.40. The summed E-state index contributed by atoms with van der Waals surface area (Å²) in [5, 5.41) is 9.63. The molecule has 20 heavy (non-hydrogen) atoms. The summed E-state index contributed by atoms with van der Waals surface area (Å²) in [6, 6.07) is 16.0. The minimum absolute atomic E-state index is 0.697. The van der Waals surface area contributed by atoms with E-state index in [-0.39, 0.29) is 0 Å². The molecule has 0 aliphatic rings. The Labute approximate surface area is 116 Å². The Bertz CT molecular complexity index is 763. The summed E-state index contributed by atoms with van der Waals surface area (Å²) >= 11 is 0. The van der Waals surface area contributed by atoms with Crippen LogP contribution in [0.25, 0.3) is 11.0 Å². The maximum atomic E-state index is 11.7. The zero-order valence-electron chi connectivity index (χ0n) is 11.0. The molecule has 4 heteroatoms. The number of fused-ring (bicyclic) bond motifs is 1. The van der Waals surface area contributed by atoms with E-state index in [1.165, 1.54) is 0 Å². The first-order chi connectivity index (χ1) is 9.68. The summed E-state index contributed by atoms with van der Waals surface area (Å²) in [7, 11) is 0. The predicted octanol–water partition coefficient (Wildman–Crippen LogP) is 3.02. The maximum Gasteiger partial charge on any atom is 0.331 e. The van der Waals surface area contributed by atoms with E-state index < -0.39 is 12.0 Å². The predicted molar refractivity (Wildman–Crippen MR) is 76.7 cm³/mol. The van der Waals surface area contributed by atoms with Gasteiger partial charge in [0.15, 0.2) is 6.04 Å². The third-order valence-corrected chi connectivity index (χ3v) is 3.38. The van der Waals surface area contributed by atoms with Gasteiger partial charge in [-0.1, -0.05) is 42.5 Å². The van der Waals surface area contributed by atoms with Gasteiger partial charge in [0.2, 0.25) is 0 Å². The van der Waals surface area contributed by atoms with Crippen LogP contribution in [0.1, 0.15) is 17.4 Å². The molecule has 4 nitrogen and oxygen atoms in total. The van der Waals surface area contributed by atoms with E-state index in [1.807, 2.05) is 61.5 Å². The normalized spacial score (nSPS) is 12.4. The van der Waals surface area contributed by atoms with E-state index in [1.54, 1.807) is 4.57 Å². The van der Waals surface area contributed by atoms with Crippen molar-refractivity contribution in [3.05, 3.63) is 66.0 Å². The molecule has 100 valence electrons. The van der Waals surface area contributed by atoms with Crippen LogP contribution in [0.15, 0.2) is 54.6 Å². The zero-order valence-corrected chi connectivity index (χ0v) is 11.0. The Hall–Kier alpha value is -2.62. The van der Waals surface area contributed by atoms with Gasteiger partial charge in [-0.2, -0.15) is 0 Å². The van der Waals surface area contributed by atoms with Gasteiger partial charge >= 0.3 is 5.97 Å². The standard InChI is InChI=1S/C16H14N2O2/c1-11-17-13-9-5-6-10-14(13)18(11)15(16(19)20)12-7-3-2-4-8-12/h2-10,15H,1H3,(H,19,20). The first kappa shape index (κ1) is 12.4. The monoisotopic (exact) mass is 266 g/mol. The summed E-state index contributed by atoms with van der Waals surface area (Å²) in [4.78, 5) is 16.2. The lowest BCUT2D eigenvalue weighted by molar-refractivity contribution is -0.139. The number of aliphatic carboxylic acids is 1. The second kappa shape index (κ2) is 4.81. The molecule has 0 bridgehead atoms. The summed E-state index contributed by atoms with van der Waals surface area (Å²) in [5.74, 6) is -0.190. The van der Waals surface area contributed by atoms with E-state index in [4.69, 9.17) is 0 Å². The lowest BCUT2D eigenvalue weighted by atomic mass is 10.1. The molecule has 1 aromatic heterocycles. The number of para-hydroxylation sites is 2. The maximum absolute atomic E-state index is 11.7. The number of carboxylic acid groups (broad SMARTS) is 1. The highest BCUT2D eigenvalue weighted by Crippen LogP contribution is 2.26. The summed E-state index contributed by atoms with van der Waals surface area (Å²) in [5.41, 5.74) is 2.39. The van der Waals surface area contributed by atoms with Crippen LogP contribution < -0.4 is 0 Å². The quantitative estimate of drug-likeness (QED) is 0.792. The van der Waals surface area contributed by atoms with Crippen LogP contribution in [-0.2, 0) is 4.79 Å². The highest BCUT2D eigenvalue weighted by molar-refractivity contribution is 5.82. The van der Waals surface area contributed by atoms with E-state index in [0.717, 1.165) is 16.6 Å². The number of nitrogens with zero attached hydrogens (tertiary/aromatic N) is 2. The van der Waals surface area contributed by atoms with Crippen LogP contribution in [0.3, 0.4) is 0 Å². The Morgan fingerprint density at radius 1 is 1.10 bits per heavy atom. The van der Waals surface area contributed by atoms with Gasteiger partial charge in [-0.25, -0.2) is 9.78 Å². The number of benzene rings is 2. The van der Waals surface area contributed by atoms with Crippen molar-refractivity contribution in [2.75, 3.05) is 0 Å². The molecule has 0 saturated carbocycles. The van der Waals surface area contributed by atoms with Gasteiger partial charge in [-0.05, 0) is 24.6 Å². The average molecular weight is 266 g/mol. The number of carboxylic acids is 1. The van der Waals surface area contributed by atoms with E-state index in [0.29, 0.717) is 5.82 Å². The molecule has 0 saturated heterocycles. The molecule has 1 N–H and O–H groups in total. The van der Waals surface area contributed by atoms with E-state index in [9.17, 15) is 9.90 Å². The molecular weight excluding hydrogens is 252 g/mol. The molecule has 0 radical (unpaired) electrons. The Morgan fingerprint density at radius 2 is 1.75 bits per heavy atom. The molecule has 0 fully saturated rings. The number of hydrogen-bond donors (Lipinski definition) is 1. The van der Waals surface area contributed by atoms with Gasteiger partial charge < -0.3 is 9.67 Å². The number of rotatable bonds is 3. The lowest BCUT2D eigenvalue weighted by Gasteiger charge is -2.17. The molecule has 3 aromatic rings. The van der Waals surface area contributed by atoms with E-state index in [2.05, 4.69) is 4.98 Å². The van der Waals surface area contributed by atoms with Crippen LogP contribution in [-0.4, -0.2) is 20.6 Å². The molecule has 1 atom stereocenters. The summed E-state index contributed by atoms with van der Waals surface area (Å²) < 4.78 is 1.77. The Morgan fingerprint density at radius 3 is 2.45 bits per heavy atom. The smallest absolute Gasteiger partial charge is 0.331 e. The Kier molecular flexibility index (Phi) is 2.99. The van der Waals surface area contributed by atoms with Crippen molar-refractivity contribution in [1.82, 2.24) is 9.55 Å². The van der Waals surface area contributed by atoms with Crippen molar-refractivity contribution in [3.8, 4) is 0 Å².